The Bertz CT molecular complexity index is 761. The lowest BCUT2D eigenvalue weighted by Gasteiger charge is -2.38. The first-order chi connectivity index (χ1) is 12.8. The molecule has 6 nitrogen and oxygen atoms in total. The van der Waals surface area contributed by atoms with Gasteiger partial charge in [0.25, 0.3) is 0 Å². The molecule has 8 heteroatoms. The molecule has 2 aliphatic rings. The Labute approximate surface area is 168 Å². The molecule has 2 saturated heterocycles. The third-order valence-electron chi connectivity index (χ3n) is 5.57. The Morgan fingerprint density at radius 3 is 2.37 bits per heavy atom. The summed E-state index contributed by atoms with van der Waals surface area (Å²) in [4.78, 5) is 28.0. The lowest BCUT2D eigenvalue weighted by Crippen LogP contribution is -2.44. The fourth-order valence-corrected chi connectivity index (χ4v) is 4.17. The van der Waals surface area contributed by atoms with Crippen molar-refractivity contribution >= 4 is 40.7 Å². The van der Waals surface area contributed by atoms with Crippen molar-refractivity contribution in [3.8, 4) is 5.75 Å². The van der Waals surface area contributed by atoms with E-state index >= 15 is 0 Å². The fourth-order valence-electron chi connectivity index (χ4n) is 3.85. The van der Waals surface area contributed by atoms with Crippen molar-refractivity contribution in [2.45, 2.75) is 19.3 Å². The molecular weight excluding hydrogens is 389 g/mol. The molecule has 1 spiro atoms. The second kappa shape index (κ2) is 7.98. The maximum atomic E-state index is 12.6. The zero-order valence-electron chi connectivity index (χ0n) is 15.0. The monoisotopic (exact) mass is 411 g/mol. The van der Waals surface area contributed by atoms with Crippen molar-refractivity contribution in [2.24, 2.45) is 5.41 Å². The van der Waals surface area contributed by atoms with Crippen LogP contribution in [0.15, 0.2) is 24.8 Å². The molecule has 0 bridgehead atoms. The summed E-state index contributed by atoms with van der Waals surface area (Å²) in [7, 11) is 0. The zero-order valence-corrected chi connectivity index (χ0v) is 16.5. The first kappa shape index (κ1) is 19.8. The van der Waals surface area contributed by atoms with E-state index < -0.39 is 0 Å². The molecule has 27 heavy (non-hydrogen) atoms. The molecule has 0 saturated carbocycles. The first-order valence-corrected chi connectivity index (χ1v) is 9.70. The Morgan fingerprint density at radius 1 is 1.15 bits per heavy atom. The maximum absolute atomic E-state index is 12.6. The average molecular weight is 412 g/mol. The van der Waals surface area contributed by atoms with Crippen LogP contribution in [0.3, 0.4) is 0 Å². The molecule has 2 amide bonds. The number of piperidine rings is 1. The lowest BCUT2D eigenvalue weighted by atomic mass is 9.78. The van der Waals surface area contributed by atoms with E-state index in [4.69, 9.17) is 23.2 Å². The fraction of sp³-hybridized carbons (Fsp3) is 0.474. The number of rotatable bonds is 4. The van der Waals surface area contributed by atoms with Crippen LogP contribution in [-0.2, 0) is 9.59 Å². The number of aromatic hydroxyl groups is 1. The van der Waals surface area contributed by atoms with Crippen molar-refractivity contribution in [1.29, 1.82) is 0 Å². The van der Waals surface area contributed by atoms with E-state index in [-0.39, 0.29) is 34.5 Å². The van der Waals surface area contributed by atoms with Gasteiger partial charge in [0.15, 0.2) is 0 Å². The highest BCUT2D eigenvalue weighted by Crippen LogP contribution is 2.40. The Balaban J connectivity index is 1.53. The molecule has 1 aromatic carbocycles. The molecular formula is C19H23Cl2N3O3. The number of halogens is 2. The smallest absolute Gasteiger partial charge is 0.245 e. The van der Waals surface area contributed by atoms with Crippen LogP contribution >= 0.6 is 23.2 Å². The lowest BCUT2D eigenvalue weighted by molar-refractivity contribution is -0.130. The van der Waals surface area contributed by atoms with E-state index in [0.29, 0.717) is 36.9 Å². The Morgan fingerprint density at radius 2 is 1.74 bits per heavy atom. The number of phenols is 1. The van der Waals surface area contributed by atoms with Gasteiger partial charge < -0.3 is 20.2 Å². The van der Waals surface area contributed by atoms with Crippen molar-refractivity contribution in [1.82, 2.24) is 9.80 Å². The van der Waals surface area contributed by atoms with Gasteiger partial charge in [-0.2, -0.15) is 0 Å². The number of hydrogen-bond donors (Lipinski definition) is 2. The summed E-state index contributed by atoms with van der Waals surface area (Å²) in [5.41, 5.74) is 0.474. The number of carbonyl (C=O) groups excluding carboxylic acids is 2. The molecule has 146 valence electrons. The molecule has 0 radical (unpaired) electrons. The standard InChI is InChI=1S/C19H23Cl2N3O3/c1-2-17(26)23-6-3-19(4-7-23)5-8-24(12-19)18(27)11-22-15-9-13(20)14(21)10-16(15)25/h2,9-10,22,25H,1,3-8,11-12H2. The number of hydrogen-bond acceptors (Lipinski definition) is 4. The van der Waals surface area contributed by atoms with Gasteiger partial charge in [-0.15, -0.1) is 0 Å². The highest BCUT2D eigenvalue weighted by Gasteiger charge is 2.42. The number of amides is 2. The molecule has 2 heterocycles. The summed E-state index contributed by atoms with van der Waals surface area (Å²) in [5, 5.41) is 13.4. The minimum atomic E-state index is -0.0469. The molecule has 2 N–H and O–H groups in total. The highest BCUT2D eigenvalue weighted by atomic mass is 35.5. The van der Waals surface area contributed by atoms with Crippen LogP contribution < -0.4 is 5.32 Å². The SMILES string of the molecule is C=CC(=O)N1CCC2(CC1)CCN(C(=O)CNc1cc(Cl)c(Cl)cc1O)C2. The van der Waals surface area contributed by atoms with Gasteiger partial charge in [-0.3, -0.25) is 9.59 Å². The highest BCUT2D eigenvalue weighted by molar-refractivity contribution is 6.42. The van der Waals surface area contributed by atoms with Crippen LogP contribution in [0, 0.1) is 5.41 Å². The van der Waals surface area contributed by atoms with Gasteiger partial charge in [0, 0.05) is 32.2 Å². The minimum absolute atomic E-state index is 0.0260. The summed E-state index contributed by atoms with van der Waals surface area (Å²) in [6, 6.07) is 2.85. The molecule has 0 aromatic heterocycles. The molecule has 0 aliphatic carbocycles. The number of benzene rings is 1. The number of phenolic OH excluding ortho intramolecular Hbond substituents is 1. The second-order valence-electron chi connectivity index (χ2n) is 7.23. The third-order valence-corrected chi connectivity index (χ3v) is 6.29. The van der Waals surface area contributed by atoms with Gasteiger partial charge in [0.1, 0.15) is 5.75 Å². The number of nitrogens with zero attached hydrogens (tertiary/aromatic N) is 2. The molecule has 2 aliphatic heterocycles. The largest absolute Gasteiger partial charge is 0.506 e. The van der Waals surface area contributed by atoms with Gasteiger partial charge in [-0.1, -0.05) is 29.8 Å². The van der Waals surface area contributed by atoms with E-state index in [2.05, 4.69) is 11.9 Å². The predicted molar refractivity (Wildman–Crippen MR) is 106 cm³/mol. The molecule has 0 unspecified atom stereocenters. The summed E-state index contributed by atoms with van der Waals surface area (Å²) in [6.45, 7) is 6.45. The molecule has 1 aromatic rings. The number of anilines is 1. The van der Waals surface area contributed by atoms with Gasteiger partial charge in [-0.05, 0) is 36.8 Å². The van der Waals surface area contributed by atoms with Crippen LogP contribution in [0.25, 0.3) is 0 Å². The molecule has 3 rings (SSSR count). The summed E-state index contributed by atoms with van der Waals surface area (Å²) in [5.74, 6) is -0.0993. The van der Waals surface area contributed by atoms with E-state index in [1.807, 2.05) is 9.80 Å². The van der Waals surface area contributed by atoms with Crippen molar-refractivity contribution in [2.75, 3.05) is 38.0 Å². The van der Waals surface area contributed by atoms with Crippen LogP contribution in [0.1, 0.15) is 19.3 Å². The number of carbonyl (C=O) groups is 2. The van der Waals surface area contributed by atoms with Gasteiger partial charge in [-0.25, -0.2) is 0 Å². The Kier molecular flexibility index (Phi) is 5.86. The zero-order chi connectivity index (χ0) is 19.6. The van der Waals surface area contributed by atoms with Crippen LogP contribution in [0.2, 0.25) is 10.0 Å². The summed E-state index contributed by atoms with van der Waals surface area (Å²) >= 11 is 11.8. The van der Waals surface area contributed by atoms with Crippen molar-refractivity contribution in [3.63, 3.8) is 0 Å². The van der Waals surface area contributed by atoms with E-state index in [0.717, 1.165) is 19.3 Å². The van der Waals surface area contributed by atoms with E-state index in [9.17, 15) is 14.7 Å². The van der Waals surface area contributed by atoms with Gasteiger partial charge in [0.2, 0.25) is 11.8 Å². The normalized spacial score (nSPS) is 18.6. The van der Waals surface area contributed by atoms with Gasteiger partial charge >= 0.3 is 0 Å². The quantitative estimate of drug-likeness (QED) is 0.589. The topological polar surface area (TPSA) is 72.9 Å². The maximum Gasteiger partial charge on any atom is 0.245 e. The molecule has 0 atom stereocenters. The minimum Gasteiger partial charge on any atom is -0.506 e. The number of likely N-dealkylation sites (tertiary alicyclic amines) is 2. The van der Waals surface area contributed by atoms with Crippen LogP contribution in [0.5, 0.6) is 5.75 Å². The van der Waals surface area contributed by atoms with E-state index in [1.165, 1.54) is 18.2 Å². The Hall–Kier alpha value is -1.92. The van der Waals surface area contributed by atoms with Crippen LogP contribution in [0.4, 0.5) is 5.69 Å². The van der Waals surface area contributed by atoms with Crippen molar-refractivity contribution < 1.29 is 14.7 Å². The van der Waals surface area contributed by atoms with E-state index in [1.54, 1.807) is 0 Å². The summed E-state index contributed by atoms with van der Waals surface area (Å²) in [6.07, 6.45) is 4.11. The van der Waals surface area contributed by atoms with Crippen LogP contribution in [-0.4, -0.2) is 59.4 Å². The number of nitrogens with one attached hydrogen (secondary N) is 1. The average Bonchev–Trinajstić information content (AvgIpc) is 3.07. The first-order valence-electron chi connectivity index (χ1n) is 8.94. The predicted octanol–water partition coefficient (Wildman–Crippen LogP) is 3.14. The molecule has 2 fully saturated rings. The van der Waals surface area contributed by atoms with Gasteiger partial charge in [0.05, 0.1) is 22.3 Å². The second-order valence-corrected chi connectivity index (χ2v) is 8.05. The third kappa shape index (κ3) is 4.33. The van der Waals surface area contributed by atoms with Crippen molar-refractivity contribution in [3.05, 3.63) is 34.8 Å². The summed E-state index contributed by atoms with van der Waals surface area (Å²) < 4.78 is 0.